The topological polar surface area (TPSA) is 3.24 Å². The molecule has 2 fully saturated rings. The van der Waals surface area contributed by atoms with E-state index in [2.05, 4.69) is 112 Å². The molecule has 6 rings (SSSR count). The van der Waals surface area contributed by atoms with Crippen LogP contribution in [0.4, 0.5) is 0 Å². The van der Waals surface area contributed by atoms with E-state index >= 15 is 0 Å². The van der Waals surface area contributed by atoms with Crippen LogP contribution in [0.15, 0.2) is 29.9 Å². The number of rotatable bonds is 26. The van der Waals surface area contributed by atoms with E-state index in [-0.39, 0.29) is 16.2 Å². The molecule has 0 heterocycles. The Bertz CT molecular complexity index is 1620. The van der Waals surface area contributed by atoms with Gasteiger partial charge in [-0.05, 0) is 112 Å². The number of nitrogens with zero attached hydrogens (tertiary/aromatic N) is 2. The highest BCUT2D eigenvalue weighted by molar-refractivity contribution is 6.76. The first-order valence-electron chi connectivity index (χ1n) is 28.2. The molecule has 0 spiro atoms. The Kier molecular flexibility index (Phi) is 18.1. The highest BCUT2D eigenvalue weighted by Gasteiger charge is 2.58. The molecule has 3 heteroatoms. The van der Waals surface area contributed by atoms with Crippen LogP contribution >= 0.6 is 0 Å². The van der Waals surface area contributed by atoms with Gasteiger partial charge >= 0.3 is 0 Å². The second-order valence-electron chi connectivity index (χ2n) is 25.5. The molecule has 5 aliphatic carbocycles. The van der Waals surface area contributed by atoms with Gasteiger partial charge in [-0.1, -0.05) is 234 Å². The van der Waals surface area contributed by atoms with Crippen LogP contribution in [0, 0.1) is 17.8 Å². The van der Waals surface area contributed by atoms with Crippen molar-refractivity contribution in [3.8, 4) is 0 Å². The Morgan fingerprint density at radius 2 is 1.06 bits per heavy atom. The van der Waals surface area contributed by atoms with Gasteiger partial charge in [-0.2, -0.15) is 4.67 Å². The van der Waals surface area contributed by atoms with Crippen molar-refractivity contribution in [2.24, 2.45) is 17.8 Å². The lowest BCUT2D eigenvalue weighted by Gasteiger charge is -2.54. The molecule has 4 atom stereocenters. The van der Waals surface area contributed by atoms with Gasteiger partial charge in [0.05, 0.1) is 21.1 Å². The van der Waals surface area contributed by atoms with Gasteiger partial charge < -0.3 is 0 Å². The Hall–Kier alpha value is -1.16. The fraction of sp³-hybridized carbons (Fsp3) is 0.833. The molecule has 2 nitrogen and oxygen atoms in total. The minimum absolute atomic E-state index is 0.157. The zero-order valence-corrected chi connectivity index (χ0v) is 45.3. The van der Waals surface area contributed by atoms with Gasteiger partial charge in [-0.3, -0.25) is 4.59 Å². The molecule has 358 valence electrons. The highest BCUT2D eigenvalue weighted by atomic mass is 28.3. The Morgan fingerprint density at radius 3 is 1.54 bits per heavy atom. The minimum atomic E-state index is -1.90. The molecule has 0 aliphatic heterocycles. The number of fused-ring (bicyclic) bond motifs is 5. The van der Waals surface area contributed by atoms with E-state index in [4.69, 9.17) is 0 Å². The van der Waals surface area contributed by atoms with Crippen LogP contribution in [0.3, 0.4) is 0 Å². The zero-order chi connectivity index (χ0) is 45.5. The fourth-order valence-corrected chi connectivity index (χ4v) is 21.1. The van der Waals surface area contributed by atoms with Gasteiger partial charge in [0.1, 0.15) is 0 Å². The molecule has 0 saturated heterocycles. The summed E-state index contributed by atoms with van der Waals surface area (Å²) in [6.07, 6.45) is 48.2. The van der Waals surface area contributed by atoms with Crippen LogP contribution < -0.4 is 0 Å². The number of allylic oxidation sites excluding steroid dienone is 4. The largest absolute Gasteiger partial charge is 0.258 e. The Morgan fingerprint density at radius 1 is 0.603 bits per heavy atom. The average molecular weight is 883 g/mol. The molecule has 1 aromatic rings. The van der Waals surface area contributed by atoms with Crippen molar-refractivity contribution in [3.63, 3.8) is 0 Å². The SMILES string of the molecule is CCCCCCCCCCCCC1(CCCCCCCCCCCC)C2=CC3C(C=C2c2cc4c(cc21)C(C)(C)CCC4(C)C)CC(C)C3[Si](C)(C)N(C1CCCCC1)[N+](C)(C)C. The molecule has 0 bridgehead atoms. The maximum absolute atomic E-state index is 3.16. The number of unbranched alkanes of at least 4 members (excludes halogenated alkanes) is 18. The Labute approximate surface area is 394 Å². The van der Waals surface area contributed by atoms with Crippen LogP contribution in [-0.2, 0) is 16.2 Å². The van der Waals surface area contributed by atoms with Crippen molar-refractivity contribution in [1.82, 2.24) is 4.67 Å². The zero-order valence-electron chi connectivity index (χ0n) is 44.3. The maximum atomic E-state index is 3.16. The van der Waals surface area contributed by atoms with Crippen molar-refractivity contribution in [1.29, 1.82) is 0 Å². The summed E-state index contributed by atoms with van der Waals surface area (Å²) in [6, 6.07) is 6.45. The summed E-state index contributed by atoms with van der Waals surface area (Å²) in [4.78, 5) is 0. The van der Waals surface area contributed by atoms with Crippen LogP contribution in [-0.4, -0.2) is 44.7 Å². The summed E-state index contributed by atoms with van der Waals surface area (Å²) in [5, 5.41) is 0. The lowest BCUT2D eigenvalue weighted by Crippen LogP contribution is -2.69. The average Bonchev–Trinajstić information content (AvgIpc) is 3.70. The van der Waals surface area contributed by atoms with Crippen LogP contribution in [0.25, 0.3) is 5.57 Å². The van der Waals surface area contributed by atoms with Crippen LogP contribution in [0.1, 0.15) is 263 Å². The van der Waals surface area contributed by atoms with Gasteiger partial charge in [0.15, 0.2) is 8.24 Å². The second-order valence-corrected chi connectivity index (χ2v) is 30.0. The number of hydrogen-bond acceptors (Lipinski definition) is 1. The van der Waals surface area contributed by atoms with Gasteiger partial charge in [-0.25, -0.2) is 0 Å². The third-order valence-corrected chi connectivity index (χ3v) is 23.1. The van der Waals surface area contributed by atoms with Crippen LogP contribution in [0.2, 0.25) is 18.6 Å². The summed E-state index contributed by atoms with van der Waals surface area (Å²) in [7, 11) is 5.64. The third-order valence-electron chi connectivity index (χ3n) is 18.4. The first kappa shape index (κ1) is 51.2. The lowest BCUT2D eigenvalue weighted by molar-refractivity contribution is -0.975. The summed E-state index contributed by atoms with van der Waals surface area (Å²) < 4.78 is 4.17. The fourth-order valence-electron chi connectivity index (χ4n) is 15.3. The number of hydrogen-bond donors (Lipinski definition) is 0. The molecular formula is C60H105N2Si+. The third kappa shape index (κ3) is 11.8. The van der Waals surface area contributed by atoms with E-state index in [1.165, 1.54) is 193 Å². The van der Waals surface area contributed by atoms with Gasteiger partial charge in [0, 0.05) is 11.5 Å². The maximum Gasteiger partial charge on any atom is 0.191 e. The first-order chi connectivity index (χ1) is 30.0. The predicted octanol–water partition coefficient (Wildman–Crippen LogP) is 18.3. The molecule has 0 aromatic heterocycles. The van der Waals surface area contributed by atoms with E-state index in [1.54, 1.807) is 27.8 Å². The highest BCUT2D eigenvalue weighted by Crippen LogP contribution is 2.64. The smallest absolute Gasteiger partial charge is 0.191 e. The predicted molar refractivity (Wildman–Crippen MR) is 281 cm³/mol. The summed E-state index contributed by atoms with van der Waals surface area (Å²) in [6.45, 7) is 23.3. The summed E-state index contributed by atoms with van der Waals surface area (Å²) in [5.41, 5.74) is 11.7. The van der Waals surface area contributed by atoms with Gasteiger partial charge in [-0.15, -0.1) is 0 Å². The monoisotopic (exact) mass is 882 g/mol. The summed E-state index contributed by atoms with van der Waals surface area (Å²) in [5.74, 6) is 2.12. The van der Waals surface area contributed by atoms with Crippen LogP contribution in [0.5, 0.6) is 0 Å². The molecule has 0 radical (unpaired) electrons. The van der Waals surface area contributed by atoms with Crippen molar-refractivity contribution in [2.75, 3.05) is 21.1 Å². The van der Waals surface area contributed by atoms with Crippen molar-refractivity contribution in [3.05, 3.63) is 52.1 Å². The molecule has 0 amide bonds. The molecule has 5 aliphatic rings. The number of quaternary nitrogens is 1. The normalized spacial score (nSPS) is 25.1. The Balaban J connectivity index is 1.37. The molecular weight excluding hydrogens is 777 g/mol. The van der Waals surface area contributed by atoms with E-state index < -0.39 is 8.24 Å². The summed E-state index contributed by atoms with van der Waals surface area (Å²) >= 11 is 0. The van der Waals surface area contributed by atoms with Crippen molar-refractivity contribution < 1.29 is 4.59 Å². The van der Waals surface area contributed by atoms with E-state index in [0.717, 1.165) is 22.1 Å². The minimum Gasteiger partial charge on any atom is -0.258 e. The second kappa shape index (κ2) is 22.3. The van der Waals surface area contributed by atoms with E-state index in [0.29, 0.717) is 11.8 Å². The molecule has 63 heavy (non-hydrogen) atoms. The number of benzene rings is 1. The molecule has 1 aromatic carbocycles. The first-order valence-corrected chi connectivity index (χ1v) is 31.3. The quantitative estimate of drug-likeness (QED) is 0.0388. The van der Waals surface area contributed by atoms with E-state index in [1.807, 2.05) is 5.57 Å². The van der Waals surface area contributed by atoms with Crippen molar-refractivity contribution >= 4 is 13.8 Å². The van der Waals surface area contributed by atoms with E-state index in [9.17, 15) is 0 Å². The van der Waals surface area contributed by atoms with Crippen molar-refractivity contribution in [2.45, 2.75) is 282 Å². The molecule has 4 unspecified atom stereocenters. The van der Waals surface area contributed by atoms with Gasteiger partial charge in [0.25, 0.3) is 0 Å². The molecule has 2 saturated carbocycles. The molecule has 0 N–H and O–H groups in total. The standard InChI is InChI=1S/C60H105N2Si/c1-13-15-17-19-21-23-25-27-29-34-38-60(39-35-30-28-26-24-22-20-18-16-14-2)53-44-50-48(42-47(3)57(50)63(11,12)61(62(8,9)10)49-36-32-31-33-37-49)43-51(53)52-45-55-56(46-54(52)60)59(6,7)41-40-58(55,4)5/h43-50,57H,13-42H2,1-12H3/q+1. The lowest BCUT2D eigenvalue weighted by atomic mass is 9.61. The van der Waals surface area contributed by atoms with Gasteiger partial charge in [0.2, 0.25) is 0 Å².